The molecule has 5 amide bonds. The molecule has 4 aromatic rings. The van der Waals surface area contributed by atoms with Gasteiger partial charge in [0.25, 0.3) is 27.7 Å². The van der Waals surface area contributed by atoms with Crippen molar-refractivity contribution in [2.75, 3.05) is 23.1 Å². The number of H-pyrrole nitrogens is 1. The van der Waals surface area contributed by atoms with Gasteiger partial charge in [-0.25, -0.2) is 8.42 Å². The second kappa shape index (κ2) is 16.6. The molecular weight excluding hydrogens is 720 g/mol. The number of aromatic nitrogens is 1. The summed E-state index contributed by atoms with van der Waals surface area (Å²) in [5, 5.41) is 9.56. The summed E-state index contributed by atoms with van der Waals surface area (Å²) in [6.07, 6.45) is 9.63. The second-order valence-electron chi connectivity index (χ2n) is 13.2. The Labute approximate surface area is 312 Å². The molecule has 1 unspecified atom stereocenters. The molecular formula is C38H41ClN6O7S. The summed E-state index contributed by atoms with van der Waals surface area (Å²) in [5.41, 5.74) is 2.26. The topological polar surface area (TPSA) is 187 Å². The van der Waals surface area contributed by atoms with Crippen LogP contribution in [0.1, 0.15) is 95.3 Å². The highest BCUT2D eigenvalue weighted by atomic mass is 35.5. The molecule has 6 rings (SSSR count). The van der Waals surface area contributed by atoms with Crippen molar-refractivity contribution in [2.45, 2.75) is 75.1 Å². The summed E-state index contributed by atoms with van der Waals surface area (Å²) >= 11 is 6.17. The number of amides is 5. The number of fused-ring (bicyclic) bond motifs is 2. The van der Waals surface area contributed by atoms with Crippen LogP contribution in [0, 0.1) is 0 Å². The maximum absolute atomic E-state index is 13.2. The Hall–Kier alpha value is -5.21. The van der Waals surface area contributed by atoms with Gasteiger partial charge in [0.2, 0.25) is 11.8 Å². The molecule has 5 N–H and O–H groups in total. The number of hydrogen-bond acceptors (Lipinski definition) is 8. The smallest absolute Gasteiger partial charge is 0.264 e. The number of rotatable bonds is 17. The quantitative estimate of drug-likeness (QED) is 0.0642. The third-order valence-electron chi connectivity index (χ3n) is 9.49. The first-order valence-corrected chi connectivity index (χ1v) is 19.7. The fourth-order valence-corrected chi connectivity index (χ4v) is 8.04. The molecule has 0 aliphatic carbocycles. The van der Waals surface area contributed by atoms with Crippen LogP contribution in [0.3, 0.4) is 0 Å². The number of piperidine rings is 1. The highest BCUT2D eigenvalue weighted by Gasteiger charge is 2.45. The van der Waals surface area contributed by atoms with Crippen LogP contribution in [0.25, 0.3) is 10.9 Å². The zero-order chi connectivity index (χ0) is 37.5. The molecule has 0 radical (unpaired) electrons. The van der Waals surface area contributed by atoms with E-state index in [2.05, 4.69) is 25.7 Å². The Balaban J connectivity index is 0.852. The molecule has 3 heterocycles. The second-order valence-corrected chi connectivity index (χ2v) is 15.3. The van der Waals surface area contributed by atoms with E-state index >= 15 is 0 Å². The number of sulfonamides is 1. The van der Waals surface area contributed by atoms with E-state index in [-0.39, 0.29) is 40.3 Å². The van der Waals surface area contributed by atoms with E-state index in [9.17, 15) is 32.4 Å². The first-order chi connectivity index (χ1) is 25.5. The van der Waals surface area contributed by atoms with E-state index in [1.807, 2.05) is 0 Å². The number of nitrogens with one attached hydrogen (secondary N) is 5. The predicted octanol–water partition coefficient (Wildman–Crippen LogP) is 5.99. The molecule has 13 nitrogen and oxygen atoms in total. The van der Waals surface area contributed by atoms with Gasteiger partial charge in [-0.1, -0.05) is 74.4 Å². The minimum atomic E-state index is -3.97. The SMILES string of the molecule is O=C1CCC(N2C(=O)c3cccc(NCCCCCCCCCCNC(=O)c4cccc(S(=O)(=O)Nc5cccc6c(Cl)c[nH]c56)c4)c3C2=O)C(=O)N1. The Morgan fingerprint density at radius 3 is 2.26 bits per heavy atom. The van der Waals surface area contributed by atoms with Gasteiger partial charge in [-0.2, -0.15) is 0 Å². The fraction of sp³-hybridized carbons (Fsp3) is 0.342. The third-order valence-corrected chi connectivity index (χ3v) is 11.2. The minimum Gasteiger partial charge on any atom is -0.384 e. The molecule has 3 aromatic carbocycles. The maximum Gasteiger partial charge on any atom is 0.264 e. The van der Waals surface area contributed by atoms with Crippen LogP contribution in [0.15, 0.2) is 71.8 Å². The summed E-state index contributed by atoms with van der Waals surface area (Å²) < 4.78 is 28.9. The molecule has 1 saturated heterocycles. The van der Waals surface area contributed by atoms with Crippen molar-refractivity contribution < 1.29 is 32.4 Å². The van der Waals surface area contributed by atoms with Crippen LogP contribution in [0.5, 0.6) is 0 Å². The standard InChI is InChI=1S/C38H41ClN6O7S/c39-28-23-42-34-26(28)14-10-17-30(34)44-53(51,52)25-13-9-12-24(22-25)35(47)41-21-8-6-4-2-1-3-5-7-20-40-29-16-11-15-27-33(29)38(50)45(37(27)49)31-18-19-32(46)43-36(31)48/h9-17,22-23,31,40,42,44H,1-8,18-21H2,(H,41,47)(H,43,46,48). The third kappa shape index (κ3) is 8.55. The van der Waals surface area contributed by atoms with Gasteiger partial charge in [-0.05, 0) is 55.7 Å². The molecule has 2 aliphatic heterocycles. The van der Waals surface area contributed by atoms with Gasteiger partial charge >= 0.3 is 0 Å². The number of carbonyl (C=O) groups is 5. The number of imide groups is 2. The van der Waals surface area contributed by atoms with Gasteiger partial charge in [0.05, 0.1) is 32.2 Å². The van der Waals surface area contributed by atoms with Crippen molar-refractivity contribution in [3.05, 3.63) is 88.6 Å². The van der Waals surface area contributed by atoms with E-state index in [0.717, 1.165) is 56.3 Å². The maximum atomic E-state index is 13.2. The van der Waals surface area contributed by atoms with Crippen molar-refractivity contribution in [2.24, 2.45) is 0 Å². The predicted molar refractivity (Wildman–Crippen MR) is 201 cm³/mol. The van der Waals surface area contributed by atoms with Crippen molar-refractivity contribution in [3.63, 3.8) is 0 Å². The summed E-state index contributed by atoms with van der Waals surface area (Å²) in [5.74, 6) is -2.42. The molecule has 278 valence electrons. The highest BCUT2D eigenvalue weighted by molar-refractivity contribution is 7.92. The number of anilines is 2. The first-order valence-electron chi connectivity index (χ1n) is 17.8. The molecule has 1 atom stereocenters. The van der Waals surface area contributed by atoms with Crippen LogP contribution in [-0.2, 0) is 19.6 Å². The first kappa shape index (κ1) is 37.5. The lowest BCUT2D eigenvalue weighted by Gasteiger charge is -2.27. The number of halogens is 1. The fourth-order valence-electron chi connectivity index (χ4n) is 6.71. The van der Waals surface area contributed by atoms with Crippen molar-refractivity contribution in [3.8, 4) is 0 Å². The lowest BCUT2D eigenvalue weighted by molar-refractivity contribution is -0.136. The molecule has 53 heavy (non-hydrogen) atoms. The summed E-state index contributed by atoms with van der Waals surface area (Å²) in [6.45, 7) is 1.11. The zero-order valence-corrected chi connectivity index (χ0v) is 30.6. The lowest BCUT2D eigenvalue weighted by Crippen LogP contribution is -2.54. The van der Waals surface area contributed by atoms with Crippen LogP contribution in [0.2, 0.25) is 5.02 Å². The number of nitrogens with zero attached hydrogens (tertiary/aromatic N) is 1. The number of unbranched alkanes of at least 4 members (excludes halogenated alkanes) is 7. The van der Waals surface area contributed by atoms with Crippen LogP contribution in [-0.4, -0.2) is 67.0 Å². The van der Waals surface area contributed by atoms with E-state index < -0.39 is 39.7 Å². The molecule has 15 heteroatoms. The van der Waals surface area contributed by atoms with Crippen molar-refractivity contribution >= 4 is 73.4 Å². The van der Waals surface area contributed by atoms with Crippen LogP contribution >= 0.6 is 11.6 Å². The Morgan fingerprint density at radius 1 is 0.830 bits per heavy atom. The number of carbonyl (C=O) groups excluding carboxylic acids is 5. The van der Waals surface area contributed by atoms with Gasteiger partial charge < -0.3 is 15.6 Å². The number of benzene rings is 3. The van der Waals surface area contributed by atoms with Gasteiger partial charge in [0.1, 0.15) is 6.04 Å². The molecule has 2 aliphatic rings. The Morgan fingerprint density at radius 2 is 1.51 bits per heavy atom. The average molecular weight is 761 g/mol. The molecule has 1 aromatic heterocycles. The van der Waals surface area contributed by atoms with Gasteiger partial charge in [-0.15, -0.1) is 0 Å². The summed E-state index contributed by atoms with van der Waals surface area (Å²) in [6, 6.07) is 15.1. The van der Waals surface area contributed by atoms with Crippen LogP contribution < -0.4 is 20.7 Å². The van der Waals surface area contributed by atoms with Gasteiger partial charge in [0, 0.05) is 42.3 Å². The highest BCUT2D eigenvalue weighted by Crippen LogP contribution is 2.33. The van der Waals surface area contributed by atoms with E-state index in [0.29, 0.717) is 40.4 Å². The molecule has 0 spiro atoms. The molecule has 1 fully saturated rings. The number of para-hydroxylation sites is 1. The minimum absolute atomic E-state index is 0.0240. The summed E-state index contributed by atoms with van der Waals surface area (Å²) in [4.78, 5) is 66.9. The van der Waals surface area contributed by atoms with E-state index in [4.69, 9.17) is 11.6 Å². The van der Waals surface area contributed by atoms with Crippen molar-refractivity contribution in [1.82, 2.24) is 20.5 Å². The lowest BCUT2D eigenvalue weighted by atomic mass is 10.0. The van der Waals surface area contributed by atoms with Gasteiger partial charge in [0.15, 0.2) is 0 Å². The molecule has 0 bridgehead atoms. The van der Waals surface area contributed by atoms with Crippen LogP contribution in [0.4, 0.5) is 11.4 Å². The monoisotopic (exact) mass is 760 g/mol. The largest absolute Gasteiger partial charge is 0.384 e. The summed E-state index contributed by atoms with van der Waals surface area (Å²) in [7, 11) is -3.97. The zero-order valence-electron chi connectivity index (χ0n) is 29.0. The number of hydrogen-bond donors (Lipinski definition) is 5. The Bertz CT molecular complexity index is 2170. The number of aromatic amines is 1. The van der Waals surface area contributed by atoms with Crippen molar-refractivity contribution in [1.29, 1.82) is 0 Å². The van der Waals surface area contributed by atoms with E-state index in [1.54, 1.807) is 54.7 Å². The average Bonchev–Trinajstić information content (AvgIpc) is 3.65. The Kier molecular flexibility index (Phi) is 11.8. The van der Waals surface area contributed by atoms with Gasteiger partial charge in [-0.3, -0.25) is 38.9 Å². The normalized spacial score (nSPS) is 15.8. The molecule has 0 saturated carbocycles. The van der Waals surface area contributed by atoms with E-state index in [1.165, 1.54) is 12.1 Å².